The molecule has 1 aliphatic heterocycles. The lowest BCUT2D eigenvalue weighted by atomic mass is 9.92. The van der Waals surface area contributed by atoms with Crippen LogP contribution in [0, 0.1) is 0 Å². The zero-order chi connectivity index (χ0) is 19.3. The lowest BCUT2D eigenvalue weighted by molar-refractivity contribution is 0.353. The molecule has 2 aliphatic rings. The molecule has 146 valence electrons. The van der Waals surface area contributed by atoms with Crippen molar-refractivity contribution < 1.29 is 9.47 Å². The summed E-state index contributed by atoms with van der Waals surface area (Å²) in [5.74, 6) is 2.69. The molecule has 0 amide bonds. The zero-order valence-corrected chi connectivity index (χ0v) is 17.4. The quantitative estimate of drug-likeness (QED) is 0.643. The number of hydrogen-bond donors (Lipinski definition) is 0. The van der Waals surface area contributed by atoms with Crippen LogP contribution in [-0.2, 0) is 19.3 Å². The van der Waals surface area contributed by atoms with E-state index < -0.39 is 0 Å². The molecule has 0 spiro atoms. The van der Waals surface area contributed by atoms with Crippen molar-refractivity contribution in [2.24, 2.45) is 0 Å². The highest BCUT2D eigenvalue weighted by molar-refractivity contribution is 7.19. The summed E-state index contributed by atoms with van der Waals surface area (Å²) in [6, 6.07) is 4.48. The number of methoxy groups -OCH3 is 2. The zero-order valence-electron chi connectivity index (χ0n) is 16.6. The van der Waals surface area contributed by atoms with Gasteiger partial charge >= 0.3 is 0 Å². The van der Waals surface area contributed by atoms with Crippen LogP contribution in [0.3, 0.4) is 0 Å². The molecule has 28 heavy (non-hydrogen) atoms. The Hall–Kier alpha value is -2.34. The molecule has 0 radical (unpaired) electrons. The van der Waals surface area contributed by atoms with Crippen molar-refractivity contribution in [3.63, 3.8) is 0 Å². The summed E-state index contributed by atoms with van der Waals surface area (Å²) < 4.78 is 11.1. The first-order chi connectivity index (χ1) is 13.7. The molecule has 0 N–H and O–H groups in total. The van der Waals surface area contributed by atoms with Crippen LogP contribution in [-0.4, -0.2) is 30.7 Å². The number of ether oxygens (including phenoxy) is 2. The molecule has 0 saturated heterocycles. The molecule has 3 aromatic rings. The van der Waals surface area contributed by atoms with Gasteiger partial charge in [-0.15, -0.1) is 11.3 Å². The Morgan fingerprint density at radius 1 is 1.04 bits per heavy atom. The van der Waals surface area contributed by atoms with E-state index in [0.29, 0.717) is 0 Å². The second-order valence-electron chi connectivity index (χ2n) is 7.61. The van der Waals surface area contributed by atoms with Crippen LogP contribution >= 0.6 is 11.3 Å². The van der Waals surface area contributed by atoms with E-state index in [0.717, 1.165) is 41.5 Å². The normalized spacial score (nSPS) is 18.7. The van der Waals surface area contributed by atoms with Crippen LogP contribution in [0.25, 0.3) is 10.2 Å². The van der Waals surface area contributed by atoms with Crippen molar-refractivity contribution in [3.05, 3.63) is 40.0 Å². The Morgan fingerprint density at radius 3 is 2.64 bits per heavy atom. The number of hydrogen-bond acceptors (Lipinski definition) is 6. The first-order valence-electron chi connectivity index (χ1n) is 9.98. The van der Waals surface area contributed by atoms with Crippen molar-refractivity contribution in [1.82, 2.24) is 9.97 Å². The van der Waals surface area contributed by atoms with Crippen molar-refractivity contribution in [3.8, 4) is 11.5 Å². The van der Waals surface area contributed by atoms with Gasteiger partial charge in [-0.3, -0.25) is 0 Å². The summed E-state index contributed by atoms with van der Waals surface area (Å²) in [7, 11) is 3.39. The van der Waals surface area contributed by atoms with Crippen LogP contribution in [0.5, 0.6) is 11.5 Å². The SMILES string of the molecule is COc1cc2c(cc1OC)[C@@H](C)N(c1ncnc3sc4c(c13)CCCC4)CC2. The number of nitrogens with zero attached hydrogens (tertiary/aromatic N) is 3. The average Bonchev–Trinajstić information content (AvgIpc) is 3.12. The average molecular weight is 396 g/mol. The number of benzene rings is 1. The summed E-state index contributed by atoms with van der Waals surface area (Å²) in [4.78, 5) is 14.5. The smallest absolute Gasteiger partial charge is 0.161 e. The third-order valence-corrected chi connectivity index (χ3v) is 7.39. The molecule has 0 fully saturated rings. The first kappa shape index (κ1) is 17.7. The first-order valence-corrected chi connectivity index (χ1v) is 10.8. The number of anilines is 1. The maximum Gasteiger partial charge on any atom is 0.161 e. The van der Waals surface area contributed by atoms with Gasteiger partial charge in [0, 0.05) is 11.4 Å². The molecule has 5 rings (SSSR count). The Morgan fingerprint density at radius 2 is 1.82 bits per heavy atom. The molecular weight excluding hydrogens is 370 g/mol. The molecular formula is C22H25N3O2S. The number of aromatic nitrogens is 2. The maximum absolute atomic E-state index is 5.56. The fraction of sp³-hybridized carbons (Fsp3) is 0.455. The fourth-order valence-electron chi connectivity index (χ4n) is 4.73. The maximum atomic E-state index is 5.56. The molecule has 1 atom stereocenters. The highest BCUT2D eigenvalue weighted by atomic mass is 32.1. The van der Waals surface area contributed by atoms with Crippen LogP contribution in [0.1, 0.15) is 47.4 Å². The summed E-state index contributed by atoms with van der Waals surface area (Å²) in [6.07, 6.45) is 7.60. The van der Waals surface area contributed by atoms with Gasteiger partial charge in [-0.25, -0.2) is 9.97 Å². The fourth-order valence-corrected chi connectivity index (χ4v) is 5.95. The number of rotatable bonds is 3. The minimum atomic E-state index is 0.223. The number of aryl methyl sites for hydroxylation is 2. The van der Waals surface area contributed by atoms with Gasteiger partial charge in [0.1, 0.15) is 17.0 Å². The van der Waals surface area contributed by atoms with E-state index in [9.17, 15) is 0 Å². The van der Waals surface area contributed by atoms with Crippen LogP contribution in [0.2, 0.25) is 0 Å². The lowest BCUT2D eigenvalue weighted by Crippen LogP contribution is -2.34. The monoisotopic (exact) mass is 395 g/mol. The van der Waals surface area contributed by atoms with Crippen molar-refractivity contribution in [2.75, 3.05) is 25.7 Å². The van der Waals surface area contributed by atoms with E-state index in [1.54, 1.807) is 20.5 Å². The molecule has 0 saturated carbocycles. The van der Waals surface area contributed by atoms with Crippen molar-refractivity contribution >= 4 is 27.4 Å². The van der Waals surface area contributed by atoms with Gasteiger partial charge in [0.2, 0.25) is 0 Å². The largest absolute Gasteiger partial charge is 0.493 e. The van der Waals surface area contributed by atoms with E-state index in [1.165, 1.54) is 46.2 Å². The summed E-state index contributed by atoms with van der Waals surface area (Å²) >= 11 is 1.86. The third-order valence-electron chi connectivity index (χ3n) is 6.19. The van der Waals surface area contributed by atoms with Gasteiger partial charge in [-0.2, -0.15) is 0 Å². The summed E-state index contributed by atoms with van der Waals surface area (Å²) in [5, 5.41) is 1.29. The van der Waals surface area contributed by atoms with Crippen LogP contribution in [0.4, 0.5) is 5.82 Å². The predicted molar refractivity (Wildman–Crippen MR) is 113 cm³/mol. The molecule has 6 heteroatoms. The van der Waals surface area contributed by atoms with E-state index in [-0.39, 0.29) is 6.04 Å². The second-order valence-corrected chi connectivity index (χ2v) is 8.70. The molecule has 0 bridgehead atoms. The second kappa shape index (κ2) is 6.92. The standard InChI is InChI=1S/C22H25N3O2S/c1-13-16-11-18(27-3)17(26-2)10-14(16)8-9-25(13)21-20-15-6-4-5-7-19(15)28-22(20)24-12-23-21/h10-13H,4-9H2,1-3H3/t13-/m1/s1. The highest BCUT2D eigenvalue weighted by Crippen LogP contribution is 2.44. The van der Waals surface area contributed by atoms with E-state index in [2.05, 4.69) is 28.9 Å². The predicted octanol–water partition coefficient (Wildman–Crippen LogP) is 4.71. The number of thiophene rings is 1. The Bertz CT molecular complexity index is 1050. The molecule has 2 aromatic heterocycles. The molecule has 5 nitrogen and oxygen atoms in total. The van der Waals surface area contributed by atoms with Gasteiger partial charge in [0.25, 0.3) is 0 Å². The highest BCUT2D eigenvalue weighted by Gasteiger charge is 2.30. The van der Waals surface area contributed by atoms with E-state index >= 15 is 0 Å². The Kier molecular flexibility index (Phi) is 4.38. The summed E-state index contributed by atoms with van der Waals surface area (Å²) in [5.41, 5.74) is 4.12. The van der Waals surface area contributed by atoms with E-state index in [1.807, 2.05) is 11.3 Å². The van der Waals surface area contributed by atoms with Gasteiger partial charge in [0.15, 0.2) is 11.5 Å². The minimum Gasteiger partial charge on any atom is -0.493 e. The van der Waals surface area contributed by atoms with Crippen LogP contribution < -0.4 is 14.4 Å². The summed E-state index contributed by atoms with van der Waals surface area (Å²) in [6.45, 7) is 3.21. The Labute approximate surface area is 169 Å². The van der Waals surface area contributed by atoms with Gasteiger partial charge in [-0.1, -0.05) is 0 Å². The van der Waals surface area contributed by atoms with Crippen molar-refractivity contribution in [1.29, 1.82) is 0 Å². The Balaban J connectivity index is 1.61. The molecule has 3 heterocycles. The number of fused-ring (bicyclic) bond motifs is 4. The third kappa shape index (κ3) is 2.65. The minimum absolute atomic E-state index is 0.223. The molecule has 0 unspecified atom stereocenters. The van der Waals surface area contributed by atoms with Gasteiger partial charge in [0.05, 0.1) is 25.6 Å². The topological polar surface area (TPSA) is 47.5 Å². The van der Waals surface area contributed by atoms with Gasteiger partial charge < -0.3 is 14.4 Å². The lowest BCUT2D eigenvalue weighted by Gasteiger charge is -2.37. The molecule has 1 aromatic carbocycles. The van der Waals surface area contributed by atoms with Crippen LogP contribution in [0.15, 0.2) is 18.5 Å². The molecule has 1 aliphatic carbocycles. The van der Waals surface area contributed by atoms with E-state index in [4.69, 9.17) is 14.5 Å². The van der Waals surface area contributed by atoms with Gasteiger partial charge in [-0.05, 0) is 67.9 Å². The van der Waals surface area contributed by atoms with Crippen molar-refractivity contribution in [2.45, 2.75) is 45.1 Å².